The predicted molar refractivity (Wildman–Crippen MR) is 100 cm³/mol. The minimum atomic E-state index is -0.0688. The van der Waals surface area contributed by atoms with Crippen LogP contribution in [0.25, 0.3) is 0 Å². The van der Waals surface area contributed by atoms with Crippen LogP contribution in [0.3, 0.4) is 0 Å². The highest BCUT2D eigenvalue weighted by molar-refractivity contribution is 5.51. The fraction of sp³-hybridized carbons (Fsp3) is 0.684. The molecule has 7 heteroatoms. The lowest BCUT2D eigenvalue weighted by atomic mass is 10.1. The lowest BCUT2D eigenvalue weighted by molar-refractivity contribution is 0.0264. The molecule has 0 radical (unpaired) electrons. The highest BCUT2D eigenvalue weighted by Crippen LogP contribution is 2.20. The topological polar surface area (TPSA) is 91.6 Å². The molecule has 3 N–H and O–H groups in total. The second-order valence-electron chi connectivity index (χ2n) is 5.96. The molecule has 1 aromatic rings. The van der Waals surface area contributed by atoms with E-state index in [-0.39, 0.29) is 19.8 Å². The molecule has 0 fully saturated rings. The number of unbranched alkanes of at least 4 members (excludes halogenated alkanes) is 1. The summed E-state index contributed by atoms with van der Waals surface area (Å²) < 4.78 is 15.9. The molecular weight excluding hydrogens is 338 g/mol. The van der Waals surface area contributed by atoms with Crippen molar-refractivity contribution in [1.29, 1.82) is 0 Å². The van der Waals surface area contributed by atoms with Crippen molar-refractivity contribution < 1.29 is 29.5 Å². The first-order chi connectivity index (χ1) is 12.7. The largest absolute Gasteiger partial charge is 0.396 e. The van der Waals surface area contributed by atoms with Gasteiger partial charge in [-0.1, -0.05) is 6.07 Å². The summed E-state index contributed by atoms with van der Waals surface area (Å²) >= 11 is 0. The third-order valence-corrected chi connectivity index (χ3v) is 3.91. The van der Waals surface area contributed by atoms with Crippen LogP contribution in [0.2, 0.25) is 0 Å². The molecule has 0 bridgehead atoms. The second-order valence-corrected chi connectivity index (χ2v) is 5.96. The second kappa shape index (κ2) is 14.9. The van der Waals surface area contributed by atoms with E-state index in [1.807, 2.05) is 12.1 Å². The molecule has 0 saturated heterocycles. The van der Waals surface area contributed by atoms with E-state index in [1.165, 1.54) is 0 Å². The van der Waals surface area contributed by atoms with Crippen LogP contribution in [0.5, 0.6) is 0 Å². The van der Waals surface area contributed by atoms with E-state index in [0.717, 1.165) is 36.2 Å². The number of anilines is 1. The highest BCUT2D eigenvalue weighted by Gasteiger charge is 2.09. The molecular formula is C19H33NO6. The van der Waals surface area contributed by atoms with Gasteiger partial charge in [-0.15, -0.1) is 0 Å². The average Bonchev–Trinajstić information content (AvgIpc) is 2.68. The van der Waals surface area contributed by atoms with E-state index in [2.05, 4.69) is 4.90 Å². The Bertz CT molecular complexity index is 449. The van der Waals surface area contributed by atoms with Gasteiger partial charge in [0.15, 0.2) is 0 Å². The molecule has 7 nitrogen and oxygen atoms in total. The lowest BCUT2D eigenvalue weighted by Crippen LogP contribution is -2.29. The van der Waals surface area contributed by atoms with Crippen LogP contribution >= 0.6 is 0 Å². The van der Waals surface area contributed by atoms with Crippen LogP contribution < -0.4 is 4.90 Å². The normalized spacial score (nSPS) is 11.1. The Labute approximate surface area is 156 Å². The number of benzene rings is 1. The van der Waals surface area contributed by atoms with Gasteiger partial charge in [0, 0.05) is 32.5 Å². The standard InChI is InChI=1S/C19H33NO6/c1-24-8-9-26-11-10-25-7-5-20(4-2-3-6-21)19-13-17(15-22)12-18(14-19)16-23/h12-14,21-23H,2-11,15-16H2,1H3. The van der Waals surface area contributed by atoms with Gasteiger partial charge in [-0.3, -0.25) is 0 Å². The van der Waals surface area contributed by atoms with Crippen LogP contribution in [0, 0.1) is 0 Å². The van der Waals surface area contributed by atoms with Gasteiger partial charge >= 0.3 is 0 Å². The minimum absolute atomic E-state index is 0.0688. The zero-order valence-electron chi connectivity index (χ0n) is 15.7. The van der Waals surface area contributed by atoms with Crippen molar-refractivity contribution in [2.75, 3.05) is 64.7 Å². The number of ether oxygens (including phenoxy) is 3. The van der Waals surface area contributed by atoms with E-state index >= 15 is 0 Å². The monoisotopic (exact) mass is 371 g/mol. The van der Waals surface area contributed by atoms with E-state index in [4.69, 9.17) is 19.3 Å². The van der Waals surface area contributed by atoms with Crippen molar-refractivity contribution in [3.63, 3.8) is 0 Å². The van der Waals surface area contributed by atoms with Crippen molar-refractivity contribution in [2.24, 2.45) is 0 Å². The Morgan fingerprint density at radius 1 is 0.769 bits per heavy atom. The first-order valence-electron chi connectivity index (χ1n) is 9.10. The molecule has 0 amide bonds. The van der Waals surface area contributed by atoms with Gasteiger partial charge < -0.3 is 34.4 Å². The number of aliphatic hydroxyl groups excluding tert-OH is 3. The summed E-state index contributed by atoms with van der Waals surface area (Å²) in [6.07, 6.45) is 1.59. The zero-order valence-corrected chi connectivity index (χ0v) is 15.7. The quantitative estimate of drug-likeness (QED) is 0.372. The number of rotatable bonds is 16. The minimum Gasteiger partial charge on any atom is -0.396 e. The van der Waals surface area contributed by atoms with Crippen LogP contribution in [0.15, 0.2) is 18.2 Å². The summed E-state index contributed by atoms with van der Waals surface area (Å²) in [5, 5.41) is 27.9. The van der Waals surface area contributed by atoms with Gasteiger partial charge in [0.1, 0.15) is 0 Å². The van der Waals surface area contributed by atoms with Gasteiger partial charge in [-0.2, -0.15) is 0 Å². The average molecular weight is 371 g/mol. The van der Waals surface area contributed by atoms with E-state index in [0.29, 0.717) is 39.6 Å². The molecule has 0 saturated carbocycles. The van der Waals surface area contributed by atoms with Crippen LogP contribution in [-0.4, -0.2) is 75.2 Å². The lowest BCUT2D eigenvalue weighted by Gasteiger charge is -2.26. The molecule has 0 aromatic heterocycles. The van der Waals surface area contributed by atoms with Crippen molar-refractivity contribution in [1.82, 2.24) is 0 Å². The van der Waals surface area contributed by atoms with Crippen LogP contribution in [0.4, 0.5) is 5.69 Å². The summed E-state index contributed by atoms with van der Waals surface area (Å²) in [4.78, 5) is 2.15. The fourth-order valence-corrected chi connectivity index (χ4v) is 2.53. The van der Waals surface area contributed by atoms with E-state index < -0.39 is 0 Å². The number of hydrogen-bond donors (Lipinski definition) is 3. The molecule has 0 aliphatic rings. The Balaban J connectivity index is 2.53. The zero-order chi connectivity index (χ0) is 19.0. The molecule has 0 aliphatic heterocycles. The van der Waals surface area contributed by atoms with Crippen LogP contribution in [0.1, 0.15) is 24.0 Å². The van der Waals surface area contributed by atoms with E-state index in [1.54, 1.807) is 13.2 Å². The SMILES string of the molecule is COCCOCCOCCN(CCCCO)c1cc(CO)cc(CO)c1. The number of aliphatic hydroxyl groups is 3. The van der Waals surface area contributed by atoms with E-state index in [9.17, 15) is 10.2 Å². The van der Waals surface area contributed by atoms with Crippen molar-refractivity contribution in [2.45, 2.75) is 26.1 Å². The molecule has 0 aliphatic carbocycles. The summed E-state index contributed by atoms with van der Waals surface area (Å²) in [5.41, 5.74) is 2.48. The Morgan fingerprint density at radius 2 is 1.38 bits per heavy atom. The maximum absolute atomic E-state index is 9.43. The molecule has 0 atom stereocenters. The number of methoxy groups -OCH3 is 1. The fourth-order valence-electron chi connectivity index (χ4n) is 2.53. The van der Waals surface area contributed by atoms with Gasteiger partial charge in [0.05, 0.1) is 46.2 Å². The Morgan fingerprint density at radius 3 is 1.96 bits per heavy atom. The Kier molecular flexibility index (Phi) is 13.1. The molecule has 0 heterocycles. The van der Waals surface area contributed by atoms with Gasteiger partial charge in [0.2, 0.25) is 0 Å². The van der Waals surface area contributed by atoms with Crippen molar-refractivity contribution in [3.8, 4) is 0 Å². The predicted octanol–water partition coefficient (Wildman–Crippen LogP) is 0.930. The molecule has 26 heavy (non-hydrogen) atoms. The third-order valence-electron chi connectivity index (χ3n) is 3.91. The summed E-state index contributed by atoms with van der Waals surface area (Å²) in [6.45, 7) is 4.22. The molecule has 0 spiro atoms. The van der Waals surface area contributed by atoms with Crippen molar-refractivity contribution >= 4 is 5.69 Å². The molecule has 150 valence electrons. The van der Waals surface area contributed by atoms with Crippen molar-refractivity contribution in [3.05, 3.63) is 29.3 Å². The maximum atomic E-state index is 9.43. The smallest absolute Gasteiger partial charge is 0.0701 e. The maximum Gasteiger partial charge on any atom is 0.0701 e. The van der Waals surface area contributed by atoms with Gasteiger partial charge in [-0.25, -0.2) is 0 Å². The molecule has 1 aromatic carbocycles. The number of nitrogens with zero attached hydrogens (tertiary/aromatic N) is 1. The number of hydrogen-bond acceptors (Lipinski definition) is 7. The van der Waals surface area contributed by atoms with Crippen LogP contribution in [-0.2, 0) is 27.4 Å². The first kappa shape index (κ1) is 22.8. The summed E-state index contributed by atoms with van der Waals surface area (Å²) in [5.74, 6) is 0. The summed E-state index contributed by atoms with van der Waals surface area (Å²) in [6, 6.07) is 5.64. The first-order valence-corrected chi connectivity index (χ1v) is 9.10. The Hall–Kier alpha value is -1.22. The summed E-state index contributed by atoms with van der Waals surface area (Å²) in [7, 11) is 1.64. The molecule has 1 rings (SSSR count). The van der Waals surface area contributed by atoms with Gasteiger partial charge in [0.25, 0.3) is 0 Å². The third kappa shape index (κ3) is 9.47. The van der Waals surface area contributed by atoms with Gasteiger partial charge in [-0.05, 0) is 36.1 Å². The highest BCUT2D eigenvalue weighted by atomic mass is 16.5. The molecule has 0 unspecified atom stereocenters.